The van der Waals surface area contributed by atoms with Gasteiger partial charge in [-0.25, -0.2) is 0 Å². The number of hydrogen-bond donors (Lipinski definition) is 0. The molecule has 0 rings (SSSR count). The van der Waals surface area contributed by atoms with Crippen LogP contribution >= 0.6 is 0 Å². The molecular formula is CrNO4. The fourth-order valence-electron chi connectivity index (χ4n) is 0. The average Bonchev–Trinajstić information content (AvgIpc) is 0.811. The molecule has 35 valence electrons. The molecule has 0 N–H and O–H groups in total. The summed E-state index contributed by atoms with van der Waals surface area (Å²) in [5, 5.41) is 14.8. The summed E-state index contributed by atoms with van der Waals surface area (Å²) in [7, 11) is 0. The molecule has 0 aliphatic rings. The summed E-state index contributed by atoms with van der Waals surface area (Å²) in [6.45, 7) is 0. The monoisotopic (exact) mass is 130 g/mol. The van der Waals surface area contributed by atoms with Crippen molar-refractivity contribution in [3.8, 4) is 0 Å². The van der Waals surface area contributed by atoms with E-state index in [-0.39, 0.29) is 22.8 Å². The minimum Gasteiger partial charge on any atom is -2.00 e. The Morgan fingerprint density at radius 3 is 1.33 bits per heavy atom. The van der Waals surface area contributed by atoms with Crippen LogP contribution in [0.1, 0.15) is 0 Å². The molecule has 1 radical (unpaired) electrons. The SMILES string of the molecule is O=[N+]([O-])[O-].[Cr+3].[O-2]. The van der Waals surface area contributed by atoms with E-state index in [1.54, 1.807) is 0 Å². The van der Waals surface area contributed by atoms with Crippen LogP contribution in [-0.4, -0.2) is 5.09 Å². The minimum absolute atomic E-state index is 0. The third-order valence-corrected chi connectivity index (χ3v) is 0. The largest absolute Gasteiger partial charge is 3.00 e. The van der Waals surface area contributed by atoms with Gasteiger partial charge in [0.2, 0.25) is 0 Å². The van der Waals surface area contributed by atoms with E-state index in [1.807, 2.05) is 0 Å². The van der Waals surface area contributed by atoms with Gasteiger partial charge in [0.05, 0.1) is 5.09 Å². The summed E-state index contributed by atoms with van der Waals surface area (Å²) in [5.74, 6) is 0. The summed E-state index contributed by atoms with van der Waals surface area (Å²) in [6.07, 6.45) is 0. The van der Waals surface area contributed by atoms with Gasteiger partial charge in [0.15, 0.2) is 0 Å². The Morgan fingerprint density at radius 2 is 1.33 bits per heavy atom. The molecule has 5 nitrogen and oxygen atoms in total. The van der Waals surface area contributed by atoms with Crippen molar-refractivity contribution >= 4 is 0 Å². The Labute approximate surface area is 44.1 Å². The topological polar surface area (TPSA) is 94.7 Å². The van der Waals surface area contributed by atoms with Crippen molar-refractivity contribution in [1.29, 1.82) is 0 Å². The van der Waals surface area contributed by atoms with Crippen LogP contribution in [0.2, 0.25) is 0 Å². The van der Waals surface area contributed by atoms with Gasteiger partial charge in [-0.2, -0.15) is 0 Å². The van der Waals surface area contributed by atoms with Gasteiger partial charge in [-0.15, -0.1) is 0 Å². The van der Waals surface area contributed by atoms with Crippen LogP contribution in [0.15, 0.2) is 0 Å². The fraction of sp³-hybridized carbons (Fsp3) is 0. The maximum absolute atomic E-state index is 8.25. The van der Waals surface area contributed by atoms with E-state index in [9.17, 15) is 0 Å². The Morgan fingerprint density at radius 1 is 1.33 bits per heavy atom. The zero-order valence-corrected chi connectivity index (χ0v) is 3.76. The molecule has 0 saturated heterocycles. The van der Waals surface area contributed by atoms with Crippen molar-refractivity contribution in [3.05, 3.63) is 15.3 Å². The van der Waals surface area contributed by atoms with Gasteiger partial charge in [0, 0.05) is 0 Å². The molecule has 0 heterocycles. The Kier molecular flexibility index (Phi) is 25.4. The van der Waals surface area contributed by atoms with Crippen molar-refractivity contribution in [3.63, 3.8) is 0 Å². The third-order valence-electron chi connectivity index (χ3n) is 0. The van der Waals surface area contributed by atoms with Crippen molar-refractivity contribution < 1.29 is 27.9 Å². The van der Waals surface area contributed by atoms with Gasteiger partial charge < -0.3 is 20.8 Å². The van der Waals surface area contributed by atoms with E-state index in [0.29, 0.717) is 0 Å². The molecule has 0 aromatic carbocycles. The van der Waals surface area contributed by atoms with E-state index in [1.165, 1.54) is 0 Å². The smallest absolute Gasteiger partial charge is 2.00 e. The maximum Gasteiger partial charge on any atom is 3.00 e. The summed E-state index contributed by atoms with van der Waals surface area (Å²) in [5.41, 5.74) is 0. The standard InChI is InChI=1S/Cr.NO3.O/c;2-1(3)4;/q+3;-1;-2. The second kappa shape index (κ2) is 8.83. The van der Waals surface area contributed by atoms with Crippen LogP contribution in [0, 0.1) is 15.3 Å². The molecule has 0 atom stereocenters. The van der Waals surface area contributed by atoms with Gasteiger partial charge in [0.1, 0.15) is 0 Å². The summed E-state index contributed by atoms with van der Waals surface area (Å²) < 4.78 is 0. The normalized spacial score (nSPS) is 4.00. The maximum atomic E-state index is 8.25. The number of nitrogens with zero attached hydrogens (tertiary/aromatic N) is 1. The molecule has 0 aromatic rings. The first kappa shape index (κ1) is 17.3. The molecule has 0 aliphatic heterocycles. The van der Waals surface area contributed by atoms with Crippen molar-refractivity contribution in [1.82, 2.24) is 0 Å². The molecule has 0 aromatic heterocycles. The van der Waals surface area contributed by atoms with Crippen molar-refractivity contribution in [2.75, 3.05) is 0 Å². The van der Waals surface area contributed by atoms with E-state index in [4.69, 9.17) is 15.3 Å². The molecule has 0 spiro atoms. The van der Waals surface area contributed by atoms with Crippen molar-refractivity contribution in [2.45, 2.75) is 0 Å². The number of rotatable bonds is 0. The fourth-order valence-corrected chi connectivity index (χ4v) is 0. The second-order valence-electron chi connectivity index (χ2n) is 0.224. The molecule has 6 heavy (non-hydrogen) atoms. The third kappa shape index (κ3) is 283. The molecular weight excluding hydrogens is 130 g/mol. The predicted octanol–water partition coefficient (Wildman–Crippen LogP) is -0.360. The van der Waals surface area contributed by atoms with Crippen LogP contribution in [0.4, 0.5) is 0 Å². The Bertz CT molecular complexity index is 30.5. The van der Waals surface area contributed by atoms with Gasteiger partial charge in [-0.3, -0.25) is 0 Å². The van der Waals surface area contributed by atoms with Crippen LogP contribution in [0.5, 0.6) is 0 Å². The Balaban J connectivity index is -0.0000000450. The zero-order valence-electron chi connectivity index (χ0n) is 2.49. The van der Waals surface area contributed by atoms with Gasteiger partial charge >= 0.3 is 17.4 Å². The minimum atomic E-state index is -1.75. The van der Waals surface area contributed by atoms with Crippen LogP contribution in [-0.2, 0) is 22.8 Å². The first-order valence-electron chi connectivity index (χ1n) is 0.548. The van der Waals surface area contributed by atoms with Crippen LogP contribution in [0.3, 0.4) is 0 Å². The van der Waals surface area contributed by atoms with E-state index in [2.05, 4.69) is 0 Å². The molecule has 0 amide bonds. The Hall–Kier alpha value is -0.308. The summed E-state index contributed by atoms with van der Waals surface area (Å²) >= 11 is 0. The second-order valence-corrected chi connectivity index (χ2v) is 0.224. The quantitative estimate of drug-likeness (QED) is 0.330. The first-order valence-corrected chi connectivity index (χ1v) is 0.548. The molecule has 0 saturated carbocycles. The van der Waals surface area contributed by atoms with Crippen molar-refractivity contribution in [2.24, 2.45) is 0 Å². The van der Waals surface area contributed by atoms with E-state index in [0.717, 1.165) is 0 Å². The zero-order chi connectivity index (χ0) is 3.58. The molecule has 0 unspecified atom stereocenters. The van der Waals surface area contributed by atoms with E-state index < -0.39 is 5.09 Å². The first-order chi connectivity index (χ1) is 1.73. The molecule has 6 heteroatoms. The summed E-state index contributed by atoms with van der Waals surface area (Å²) in [4.78, 5) is 8.25. The van der Waals surface area contributed by atoms with Gasteiger partial charge in [-0.1, -0.05) is 0 Å². The molecule has 0 bridgehead atoms. The van der Waals surface area contributed by atoms with E-state index >= 15 is 0 Å². The van der Waals surface area contributed by atoms with Gasteiger partial charge in [0.25, 0.3) is 0 Å². The van der Waals surface area contributed by atoms with Gasteiger partial charge in [-0.05, 0) is 0 Å². The van der Waals surface area contributed by atoms with Crippen LogP contribution < -0.4 is 0 Å². The molecule has 0 aliphatic carbocycles. The van der Waals surface area contributed by atoms with Crippen LogP contribution in [0.25, 0.3) is 0 Å². The molecule has 0 fully saturated rings. The predicted molar refractivity (Wildman–Crippen MR) is 11.0 cm³/mol. The number of hydrogen-bond acceptors (Lipinski definition) is 3. The summed E-state index contributed by atoms with van der Waals surface area (Å²) in [6, 6.07) is 0. The average molecular weight is 130 g/mol.